The Bertz CT molecular complexity index is 435. The van der Waals surface area contributed by atoms with Gasteiger partial charge in [0.2, 0.25) is 0 Å². The van der Waals surface area contributed by atoms with E-state index in [1.807, 2.05) is 12.1 Å². The first-order valence-corrected chi connectivity index (χ1v) is 8.50. The molecule has 116 valence electrons. The van der Waals surface area contributed by atoms with E-state index in [0.717, 1.165) is 37.2 Å². The Labute approximate surface area is 128 Å². The Morgan fingerprint density at radius 2 is 1.86 bits per heavy atom. The molecule has 1 aliphatic rings. The van der Waals surface area contributed by atoms with Gasteiger partial charge in [-0.1, -0.05) is 45.2 Å². The molecule has 0 bridgehead atoms. The van der Waals surface area contributed by atoms with Crippen LogP contribution in [-0.4, -0.2) is 12.4 Å². The fraction of sp³-hybridized carbons (Fsp3) is 0.632. The highest BCUT2D eigenvalue weighted by Gasteiger charge is 2.29. The third-order valence-electron chi connectivity index (χ3n) is 4.46. The third-order valence-corrected chi connectivity index (χ3v) is 4.46. The molecule has 2 rings (SSSR count). The van der Waals surface area contributed by atoms with Gasteiger partial charge < -0.3 is 4.74 Å². The molecular weight excluding hydrogens is 260 g/mol. The third kappa shape index (κ3) is 4.59. The summed E-state index contributed by atoms with van der Waals surface area (Å²) >= 11 is 0. The van der Waals surface area contributed by atoms with Crippen LogP contribution in [0.25, 0.3) is 0 Å². The van der Waals surface area contributed by atoms with E-state index in [0.29, 0.717) is 11.7 Å². The largest absolute Gasteiger partial charge is 0.494 e. The van der Waals surface area contributed by atoms with E-state index in [1.54, 1.807) is 0 Å². The maximum atomic E-state index is 12.4. The van der Waals surface area contributed by atoms with Gasteiger partial charge in [0.15, 0.2) is 0 Å². The van der Waals surface area contributed by atoms with Gasteiger partial charge in [0.05, 0.1) is 6.61 Å². The standard InChI is InChI=1S/C19H28O2/c1-3-5-6-15-7-12-18(19(20)14-15)16-8-10-17(11-9-16)21-13-4-2/h8-11,15,18H,3-7,12-14H2,1-2H3. The fourth-order valence-corrected chi connectivity index (χ4v) is 3.20. The Morgan fingerprint density at radius 1 is 1.10 bits per heavy atom. The van der Waals surface area contributed by atoms with Crippen molar-refractivity contribution >= 4 is 5.78 Å². The van der Waals surface area contributed by atoms with Crippen molar-refractivity contribution in [2.45, 2.75) is 64.7 Å². The van der Waals surface area contributed by atoms with E-state index < -0.39 is 0 Å². The number of hydrogen-bond acceptors (Lipinski definition) is 2. The molecule has 2 unspecified atom stereocenters. The van der Waals surface area contributed by atoms with Gasteiger partial charge in [-0.3, -0.25) is 4.79 Å². The van der Waals surface area contributed by atoms with Crippen LogP contribution in [0.1, 0.15) is 70.3 Å². The van der Waals surface area contributed by atoms with Crippen molar-refractivity contribution in [3.05, 3.63) is 29.8 Å². The van der Waals surface area contributed by atoms with Crippen LogP contribution in [0.3, 0.4) is 0 Å². The molecule has 0 aliphatic heterocycles. The molecule has 1 fully saturated rings. The number of ether oxygens (including phenoxy) is 1. The molecule has 0 aromatic heterocycles. The normalized spacial score (nSPS) is 22.3. The zero-order valence-electron chi connectivity index (χ0n) is 13.4. The Balaban J connectivity index is 1.91. The molecule has 0 radical (unpaired) electrons. The van der Waals surface area contributed by atoms with Crippen molar-refractivity contribution in [3.63, 3.8) is 0 Å². The zero-order chi connectivity index (χ0) is 15.1. The smallest absolute Gasteiger partial charge is 0.140 e. The molecule has 2 nitrogen and oxygen atoms in total. The van der Waals surface area contributed by atoms with Crippen molar-refractivity contribution in [2.75, 3.05) is 6.61 Å². The molecule has 0 spiro atoms. The minimum absolute atomic E-state index is 0.114. The molecule has 1 aromatic rings. The number of Topliss-reactive ketones (excluding diaryl/α,β-unsaturated/α-hetero) is 1. The van der Waals surface area contributed by atoms with E-state index in [1.165, 1.54) is 25.7 Å². The van der Waals surface area contributed by atoms with Gasteiger partial charge in [0.1, 0.15) is 11.5 Å². The van der Waals surface area contributed by atoms with Gasteiger partial charge in [0.25, 0.3) is 0 Å². The number of carbonyl (C=O) groups is 1. The van der Waals surface area contributed by atoms with Crippen LogP contribution in [0.5, 0.6) is 5.75 Å². The second-order valence-corrected chi connectivity index (χ2v) is 6.23. The van der Waals surface area contributed by atoms with E-state index in [9.17, 15) is 4.79 Å². The number of hydrogen-bond donors (Lipinski definition) is 0. The second kappa shape index (κ2) is 8.21. The zero-order valence-corrected chi connectivity index (χ0v) is 13.4. The Hall–Kier alpha value is -1.31. The van der Waals surface area contributed by atoms with E-state index in [2.05, 4.69) is 26.0 Å². The highest BCUT2D eigenvalue weighted by Crippen LogP contribution is 2.35. The van der Waals surface area contributed by atoms with Crippen molar-refractivity contribution in [1.82, 2.24) is 0 Å². The summed E-state index contributed by atoms with van der Waals surface area (Å²) in [4.78, 5) is 12.4. The van der Waals surface area contributed by atoms with Gasteiger partial charge in [-0.25, -0.2) is 0 Å². The van der Waals surface area contributed by atoms with E-state index in [-0.39, 0.29) is 5.92 Å². The summed E-state index contributed by atoms with van der Waals surface area (Å²) in [5.41, 5.74) is 1.16. The molecule has 2 heteroatoms. The number of carbonyl (C=O) groups excluding carboxylic acids is 1. The molecule has 0 amide bonds. The lowest BCUT2D eigenvalue weighted by Gasteiger charge is -2.27. The number of unbranched alkanes of at least 4 members (excludes halogenated alkanes) is 1. The predicted molar refractivity (Wildman–Crippen MR) is 86.8 cm³/mol. The number of benzene rings is 1. The first-order valence-electron chi connectivity index (χ1n) is 8.50. The summed E-state index contributed by atoms with van der Waals surface area (Å²) in [6.07, 6.45) is 7.71. The summed E-state index contributed by atoms with van der Waals surface area (Å²) in [6, 6.07) is 8.14. The fourth-order valence-electron chi connectivity index (χ4n) is 3.20. The molecule has 1 saturated carbocycles. The lowest BCUT2D eigenvalue weighted by Crippen LogP contribution is -2.23. The molecule has 1 aliphatic carbocycles. The first kappa shape index (κ1) is 16.1. The SMILES string of the molecule is CCCCC1CCC(c2ccc(OCCC)cc2)C(=O)C1. The van der Waals surface area contributed by atoms with Gasteiger partial charge in [0, 0.05) is 12.3 Å². The molecule has 0 N–H and O–H groups in total. The summed E-state index contributed by atoms with van der Waals surface area (Å²) in [6.45, 7) is 5.07. The van der Waals surface area contributed by atoms with Crippen LogP contribution in [-0.2, 0) is 4.79 Å². The number of ketones is 1. The van der Waals surface area contributed by atoms with Gasteiger partial charge in [-0.15, -0.1) is 0 Å². The van der Waals surface area contributed by atoms with E-state index >= 15 is 0 Å². The quantitative estimate of drug-likeness (QED) is 0.696. The molecule has 0 saturated heterocycles. The van der Waals surface area contributed by atoms with Crippen LogP contribution in [0, 0.1) is 5.92 Å². The molecule has 0 heterocycles. The van der Waals surface area contributed by atoms with Crippen LogP contribution in [0.15, 0.2) is 24.3 Å². The predicted octanol–water partition coefficient (Wildman–Crippen LogP) is 5.12. The van der Waals surface area contributed by atoms with Gasteiger partial charge in [-0.05, 0) is 42.9 Å². The summed E-state index contributed by atoms with van der Waals surface area (Å²) in [7, 11) is 0. The molecule has 2 atom stereocenters. The minimum atomic E-state index is 0.114. The van der Waals surface area contributed by atoms with E-state index in [4.69, 9.17) is 4.74 Å². The topological polar surface area (TPSA) is 26.3 Å². The maximum Gasteiger partial charge on any atom is 0.140 e. The van der Waals surface area contributed by atoms with Crippen molar-refractivity contribution in [3.8, 4) is 5.75 Å². The lowest BCUT2D eigenvalue weighted by molar-refractivity contribution is -0.123. The van der Waals surface area contributed by atoms with Crippen LogP contribution < -0.4 is 4.74 Å². The second-order valence-electron chi connectivity index (χ2n) is 6.23. The number of rotatable bonds is 7. The van der Waals surface area contributed by atoms with Gasteiger partial charge in [-0.2, -0.15) is 0 Å². The molecular formula is C19H28O2. The highest BCUT2D eigenvalue weighted by molar-refractivity contribution is 5.86. The first-order chi connectivity index (χ1) is 10.2. The van der Waals surface area contributed by atoms with Crippen LogP contribution in [0.2, 0.25) is 0 Å². The Kier molecular flexibility index (Phi) is 6.28. The summed E-state index contributed by atoms with van der Waals surface area (Å²) in [5, 5.41) is 0. The summed E-state index contributed by atoms with van der Waals surface area (Å²) in [5.74, 6) is 2.08. The van der Waals surface area contributed by atoms with Crippen LogP contribution in [0.4, 0.5) is 0 Å². The molecule has 21 heavy (non-hydrogen) atoms. The molecule has 1 aromatic carbocycles. The lowest BCUT2D eigenvalue weighted by atomic mass is 9.76. The van der Waals surface area contributed by atoms with Crippen molar-refractivity contribution in [1.29, 1.82) is 0 Å². The minimum Gasteiger partial charge on any atom is -0.494 e. The monoisotopic (exact) mass is 288 g/mol. The van der Waals surface area contributed by atoms with Gasteiger partial charge >= 0.3 is 0 Å². The average molecular weight is 288 g/mol. The van der Waals surface area contributed by atoms with Crippen molar-refractivity contribution < 1.29 is 9.53 Å². The van der Waals surface area contributed by atoms with Crippen molar-refractivity contribution in [2.24, 2.45) is 5.92 Å². The highest BCUT2D eigenvalue weighted by atomic mass is 16.5. The summed E-state index contributed by atoms with van der Waals surface area (Å²) < 4.78 is 5.60. The van der Waals surface area contributed by atoms with Crippen LogP contribution >= 0.6 is 0 Å². The Morgan fingerprint density at radius 3 is 2.48 bits per heavy atom. The maximum absolute atomic E-state index is 12.4. The average Bonchev–Trinajstić information content (AvgIpc) is 2.52.